The zero-order valence-corrected chi connectivity index (χ0v) is 17.4. The number of carbonyl (C=O) groups excluding carboxylic acids is 1. The number of aromatic amines is 1. The number of hydrogen-bond acceptors (Lipinski definition) is 4. The van der Waals surface area contributed by atoms with Crippen LogP contribution in [0.25, 0.3) is 10.9 Å². The number of sulfonamides is 1. The summed E-state index contributed by atoms with van der Waals surface area (Å²) in [7, 11) is -4.17. The van der Waals surface area contributed by atoms with Crippen molar-refractivity contribution in [1.29, 1.82) is 0 Å². The minimum atomic E-state index is -4.17. The van der Waals surface area contributed by atoms with Gasteiger partial charge >= 0.3 is 0 Å². The smallest absolute Gasteiger partial charge is 0.262 e. The Morgan fingerprint density at radius 3 is 2.44 bits per heavy atom. The zero-order valence-electron chi connectivity index (χ0n) is 16.6. The zero-order chi connectivity index (χ0) is 22.7. The number of carbonyl (C=O) groups is 1. The van der Waals surface area contributed by atoms with E-state index in [1.54, 1.807) is 0 Å². The molecule has 0 saturated carbocycles. The van der Waals surface area contributed by atoms with E-state index in [-0.39, 0.29) is 28.1 Å². The van der Waals surface area contributed by atoms with E-state index in [4.69, 9.17) is 0 Å². The highest BCUT2D eigenvalue weighted by atomic mass is 32.2. The van der Waals surface area contributed by atoms with E-state index >= 15 is 0 Å². The van der Waals surface area contributed by atoms with Gasteiger partial charge in [0, 0.05) is 23.6 Å². The van der Waals surface area contributed by atoms with Gasteiger partial charge in [-0.05, 0) is 35.9 Å². The Hall–Kier alpha value is -3.98. The first-order valence-electron chi connectivity index (χ1n) is 9.60. The molecule has 4 aromatic rings. The van der Waals surface area contributed by atoms with Crippen LogP contribution >= 0.6 is 0 Å². The second kappa shape index (κ2) is 8.64. The van der Waals surface area contributed by atoms with Crippen molar-refractivity contribution in [2.45, 2.75) is 11.4 Å². The number of anilines is 1. The molecule has 0 saturated heterocycles. The molecule has 0 spiro atoms. The van der Waals surface area contributed by atoms with Crippen LogP contribution in [-0.4, -0.2) is 19.3 Å². The van der Waals surface area contributed by atoms with Crippen molar-refractivity contribution in [3.63, 3.8) is 0 Å². The van der Waals surface area contributed by atoms with Gasteiger partial charge in [0.05, 0.1) is 10.6 Å². The summed E-state index contributed by atoms with van der Waals surface area (Å²) in [5.74, 6) is -1.32. The Bertz CT molecular complexity index is 1470. The van der Waals surface area contributed by atoms with E-state index in [9.17, 15) is 22.4 Å². The molecule has 1 amide bonds. The molecule has 0 atom stereocenters. The van der Waals surface area contributed by atoms with Crippen LogP contribution in [0.4, 0.5) is 10.1 Å². The molecule has 9 heteroatoms. The lowest BCUT2D eigenvalue weighted by Gasteiger charge is -2.10. The summed E-state index contributed by atoms with van der Waals surface area (Å²) in [6.07, 6.45) is 1.29. The number of pyridine rings is 1. The summed E-state index contributed by atoms with van der Waals surface area (Å²) in [4.78, 5) is 28.1. The van der Waals surface area contributed by atoms with Crippen molar-refractivity contribution < 1.29 is 17.6 Å². The lowest BCUT2D eigenvalue weighted by Crippen LogP contribution is -2.28. The first-order valence-corrected chi connectivity index (χ1v) is 11.1. The van der Waals surface area contributed by atoms with Gasteiger partial charge in [0.25, 0.3) is 15.9 Å². The molecule has 4 rings (SSSR count). The fraction of sp³-hybridized carbons (Fsp3) is 0.0435. The third-order valence-electron chi connectivity index (χ3n) is 4.82. The molecule has 3 N–H and O–H groups in total. The van der Waals surface area contributed by atoms with E-state index in [0.717, 1.165) is 17.7 Å². The number of benzene rings is 3. The van der Waals surface area contributed by atoms with Gasteiger partial charge in [0.2, 0.25) is 5.43 Å². The molecule has 0 radical (unpaired) electrons. The van der Waals surface area contributed by atoms with Crippen LogP contribution in [0.5, 0.6) is 0 Å². The Kier molecular flexibility index (Phi) is 5.74. The fourth-order valence-corrected chi connectivity index (χ4v) is 4.25. The number of amides is 1. The summed E-state index contributed by atoms with van der Waals surface area (Å²) < 4.78 is 41.5. The van der Waals surface area contributed by atoms with Crippen LogP contribution in [0.2, 0.25) is 0 Å². The number of H-pyrrole nitrogens is 1. The van der Waals surface area contributed by atoms with Crippen LogP contribution < -0.4 is 15.5 Å². The third-order valence-corrected chi connectivity index (χ3v) is 6.18. The van der Waals surface area contributed by atoms with Crippen LogP contribution in [0.3, 0.4) is 0 Å². The number of fused-ring (bicyclic) bond motifs is 1. The molecule has 32 heavy (non-hydrogen) atoms. The summed E-state index contributed by atoms with van der Waals surface area (Å²) in [6.45, 7) is 0.234. The summed E-state index contributed by atoms with van der Waals surface area (Å²) >= 11 is 0. The first-order chi connectivity index (χ1) is 15.3. The predicted molar refractivity (Wildman–Crippen MR) is 119 cm³/mol. The molecule has 0 aliphatic carbocycles. The molecule has 3 aromatic carbocycles. The van der Waals surface area contributed by atoms with Crippen LogP contribution in [0.15, 0.2) is 88.7 Å². The average molecular weight is 451 g/mol. The van der Waals surface area contributed by atoms with E-state index < -0.39 is 27.2 Å². The Balaban J connectivity index is 1.65. The van der Waals surface area contributed by atoms with Crippen LogP contribution in [0, 0.1) is 5.82 Å². The molecule has 7 nitrogen and oxygen atoms in total. The average Bonchev–Trinajstić information content (AvgIpc) is 2.79. The molecule has 1 heterocycles. The van der Waals surface area contributed by atoms with Gasteiger partial charge in [-0.15, -0.1) is 0 Å². The van der Waals surface area contributed by atoms with Crippen molar-refractivity contribution in [1.82, 2.24) is 10.3 Å². The second-order valence-electron chi connectivity index (χ2n) is 6.99. The quantitative estimate of drug-likeness (QED) is 0.418. The highest BCUT2D eigenvalue weighted by Crippen LogP contribution is 2.21. The van der Waals surface area contributed by atoms with Crippen molar-refractivity contribution in [2.24, 2.45) is 0 Å². The standard InChI is InChI=1S/C23H18FN3O4S/c24-19-8-4-5-9-21(19)27-32(30,31)16-10-11-20-17(12-16)22(28)18(14-25-20)23(29)26-13-15-6-2-1-3-7-15/h1-12,14,27H,13H2,(H,25,28)(H,26,29). The maximum absolute atomic E-state index is 13.9. The SMILES string of the molecule is O=C(NCc1ccccc1)c1c[nH]c2ccc(S(=O)(=O)Nc3ccccc3F)cc2c1=O. The first kappa shape index (κ1) is 21.3. The van der Waals surface area contributed by atoms with E-state index in [2.05, 4.69) is 15.0 Å². The Labute approximate surface area is 183 Å². The normalized spacial score (nSPS) is 11.3. The molecule has 162 valence electrons. The summed E-state index contributed by atoms with van der Waals surface area (Å²) in [6, 6.07) is 18.4. The van der Waals surface area contributed by atoms with Crippen molar-refractivity contribution in [2.75, 3.05) is 4.72 Å². The highest BCUT2D eigenvalue weighted by molar-refractivity contribution is 7.92. The largest absolute Gasteiger partial charge is 0.360 e. The van der Waals surface area contributed by atoms with Gasteiger partial charge < -0.3 is 10.3 Å². The predicted octanol–water partition coefficient (Wildman–Crippen LogP) is 3.40. The maximum atomic E-state index is 13.9. The third kappa shape index (κ3) is 4.37. The molecule has 0 unspecified atom stereocenters. The number of rotatable bonds is 6. The van der Waals surface area contributed by atoms with E-state index in [1.807, 2.05) is 30.3 Å². The molecule has 0 bridgehead atoms. The van der Waals surface area contributed by atoms with Crippen molar-refractivity contribution >= 4 is 32.5 Å². The number of aromatic nitrogens is 1. The Morgan fingerprint density at radius 2 is 1.69 bits per heavy atom. The van der Waals surface area contributed by atoms with Gasteiger partial charge in [-0.1, -0.05) is 42.5 Å². The Morgan fingerprint density at radius 1 is 0.969 bits per heavy atom. The minimum Gasteiger partial charge on any atom is -0.360 e. The molecular formula is C23H18FN3O4S. The monoisotopic (exact) mass is 451 g/mol. The molecular weight excluding hydrogens is 433 g/mol. The summed E-state index contributed by atoms with van der Waals surface area (Å²) in [5.41, 5.74) is 0.248. The van der Waals surface area contributed by atoms with Crippen molar-refractivity contribution in [3.05, 3.63) is 106 Å². The number of para-hydroxylation sites is 1. The molecule has 0 fully saturated rings. The van der Waals surface area contributed by atoms with Crippen LogP contribution in [-0.2, 0) is 16.6 Å². The van der Waals surface area contributed by atoms with Crippen LogP contribution in [0.1, 0.15) is 15.9 Å². The number of nitrogens with one attached hydrogen (secondary N) is 3. The fourth-order valence-electron chi connectivity index (χ4n) is 3.15. The number of hydrogen-bond donors (Lipinski definition) is 3. The molecule has 0 aliphatic rings. The van der Waals surface area contributed by atoms with Gasteiger partial charge in [-0.2, -0.15) is 0 Å². The van der Waals surface area contributed by atoms with Gasteiger partial charge in [0.1, 0.15) is 11.4 Å². The lowest BCUT2D eigenvalue weighted by atomic mass is 10.1. The van der Waals surface area contributed by atoms with E-state index in [0.29, 0.717) is 5.52 Å². The van der Waals surface area contributed by atoms with Gasteiger partial charge in [0.15, 0.2) is 0 Å². The molecule has 0 aliphatic heterocycles. The van der Waals surface area contributed by atoms with E-state index in [1.165, 1.54) is 36.5 Å². The topological polar surface area (TPSA) is 108 Å². The summed E-state index contributed by atoms with van der Waals surface area (Å²) in [5, 5.41) is 2.70. The minimum absolute atomic E-state index is 0.0220. The lowest BCUT2D eigenvalue weighted by molar-refractivity contribution is 0.0949. The second-order valence-corrected chi connectivity index (χ2v) is 8.67. The molecule has 1 aromatic heterocycles. The number of halogens is 1. The van der Waals surface area contributed by atoms with Gasteiger partial charge in [-0.3, -0.25) is 14.3 Å². The maximum Gasteiger partial charge on any atom is 0.262 e. The van der Waals surface area contributed by atoms with Crippen molar-refractivity contribution in [3.8, 4) is 0 Å². The van der Waals surface area contributed by atoms with Gasteiger partial charge in [-0.25, -0.2) is 12.8 Å². The highest BCUT2D eigenvalue weighted by Gasteiger charge is 2.19.